The lowest BCUT2D eigenvalue weighted by molar-refractivity contribution is -0.115. The van der Waals surface area contributed by atoms with Gasteiger partial charge in [-0.25, -0.2) is 0 Å². The van der Waals surface area contributed by atoms with Crippen LogP contribution >= 0.6 is 0 Å². The van der Waals surface area contributed by atoms with Crippen molar-refractivity contribution in [2.45, 2.75) is 20.3 Å². The summed E-state index contributed by atoms with van der Waals surface area (Å²) < 4.78 is 0. The number of carbonyl (C=O) groups is 2. The minimum absolute atomic E-state index is 0.0203. The first-order chi connectivity index (χ1) is 11.0. The molecule has 0 unspecified atom stereocenters. The van der Waals surface area contributed by atoms with Crippen molar-refractivity contribution in [2.75, 3.05) is 5.32 Å². The number of anilines is 1. The van der Waals surface area contributed by atoms with Crippen molar-refractivity contribution in [3.63, 3.8) is 0 Å². The van der Waals surface area contributed by atoms with Gasteiger partial charge in [-0.15, -0.1) is 0 Å². The molecule has 23 heavy (non-hydrogen) atoms. The van der Waals surface area contributed by atoms with Crippen LogP contribution in [0, 0.1) is 6.92 Å². The summed E-state index contributed by atoms with van der Waals surface area (Å²) in [4.78, 5) is 26.9. The highest BCUT2D eigenvalue weighted by atomic mass is 16.1. The molecule has 0 bridgehead atoms. The third kappa shape index (κ3) is 3.31. The van der Waals surface area contributed by atoms with Crippen molar-refractivity contribution in [1.29, 1.82) is 0 Å². The molecule has 0 fully saturated rings. The zero-order valence-electron chi connectivity index (χ0n) is 13.1. The molecule has 0 radical (unpaired) electrons. The van der Waals surface area contributed by atoms with E-state index in [4.69, 9.17) is 0 Å². The van der Waals surface area contributed by atoms with Crippen molar-refractivity contribution >= 4 is 28.3 Å². The lowest BCUT2D eigenvalue weighted by Crippen LogP contribution is -2.14. The summed E-state index contributed by atoms with van der Waals surface area (Å²) in [5.41, 5.74) is 4.40. The quantitative estimate of drug-likeness (QED) is 0.719. The normalized spacial score (nSPS) is 10.7. The molecule has 116 valence electrons. The molecule has 2 N–H and O–H groups in total. The average molecular weight is 306 g/mol. The lowest BCUT2D eigenvalue weighted by atomic mass is 10.1. The van der Waals surface area contributed by atoms with Gasteiger partial charge in [-0.1, -0.05) is 24.3 Å². The van der Waals surface area contributed by atoms with Gasteiger partial charge in [0.2, 0.25) is 5.91 Å². The van der Waals surface area contributed by atoms with E-state index in [2.05, 4.69) is 16.4 Å². The topological polar surface area (TPSA) is 62.0 Å². The van der Waals surface area contributed by atoms with Crippen LogP contribution in [0.2, 0.25) is 0 Å². The highest BCUT2D eigenvalue weighted by molar-refractivity contribution is 5.98. The van der Waals surface area contributed by atoms with E-state index in [1.54, 1.807) is 24.3 Å². The predicted molar refractivity (Wildman–Crippen MR) is 91.8 cm³/mol. The molecule has 0 spiro atoms. The number of rotatable bonds is 4. The molecule has 1 heterocycles. The van der Waals surface area contributed by atoms with Crippen LogP contribution in [-0.2, 0) is 11.2 Å². The smallest absolute Gasteiger partial charge is 0.228 e. The molecule has 0 aliphatic carbocycles. The van der Waals surface area contributed by atoms with Gasteiger partial charge in [0.05, 0.1) is 6.42 Å². The second kappa shape index (κ2) is 6.08. The van der Waals surface area contributed by atoms with Gasteiger partial charge in [0, 0.05) is 28.4 Å². The average Bonchev–Trinajstić information content (AvgIpc) is 2.89. The maximum absolute atomic E-state index is 12.3. The first-order valence-corrected chi connectivity index (χ1v) is 7.50. The number of fused-ring (bicyclic) bond motifs is 1. The summed E-state index contributed by atoms with van der Waals surface area (Å²) in [6.45, 7) is 3.55. The molecule has 0 saturated carbocycles. The number of aryl methyl sites for hydroxylation is 1. The van der Waals surface area contributed by atoms with Crippen molar-refractivity contribution in [3.05, 3.63) is 65.4 Å². The maximum atomic E-state index is 12.3. The fraction of sp³-hybridized carbons (Fsp3) is 0.158. The molecular weight excluding hydrogens is 288 g/mol. The molecule has 0 saturated heterocycles. The van der Waals surface area contributed by atoms with Gasteiger partial charge in [0.15, 0.2) is 5.78 Å². The lowest BCUT2D eigenvalue weighted by Gasteiger charge is -2.06. The van der Waals surface area contributed by atoms with E-state index in [-0.39, 0.29) is 18.1 Å². The van der Waals surface area contributed by atoms with E-state index in [0.717, 1.165) is 16.5 Å². The van der Waals surface area contributed by atoms with Crippen LogP contribution in [0.25, 0.3) is 10.9 Å². The summed E-state index contributed by atoms with van der Waals surface area (Å²) >= 11 is 0. The van der Waals surface area contributed by atoms with Crippen molar-refractivity contribution in [3.8, 4) is 0 Å². The largest absolute Gasteiger partial charge is 0.361 e. The number of amides is 1. The number of hydrogen-bond donors (Lipinski definition) is 2. The van der Waals surface area contributed by atoms with Crippen LogP contribution in [0.3, 0.4) is 0 Å². The van der Waals surface area contributed by atoms with E-state index < -0.39 is 0 Å². The Morgan fingerprint density at radius 3 is 2.74 bits per heavy atom. The van der Waals surface area contributed by atoms with Gasteiger partial charge in [-0.2, -0.15) is 0 Å². The zero-order chi connectivity index (χ0) is 16.4. The predicted octanol–water partition coefficient (Wildman–Crippen LogP) is 3.86. The Bertz CT molecular complexity index is 893. The van der Waals surface area contributed by atoms with E-state index >= 15 is 0 Å². The number of nitrogens with one attached hydrogen (secondary N) is 2. The summed E-state index contributed by atoms with van der Waals surface area (Å²) in [5.74, 6) is -0.125. The monoisotopic (exact) mass is 306 g/mol. The number of benzene rings is 2. The number of H-pyrrole nitrogens is 1. The minimum Gasteiger partial charge on any atom is -0.361 e. The summed E-state index contributed by atoms with van der Waals surface area (Å²) in [6, 6.07) is 13.1. The summed E-state index contributed by atoms with van der Waals surface area (Å²) in [5, 5.41) is 3.91. The molecule has 3 aromatic rings. The van der Waals surface area contributed by atoms with Gasteiger partial charge >= 0.3 is 0 Å². The molecule has 0 aliphatic heterocycles. The number of hydrogen-bond acceptors (Lipinski definition) is 2. The van der Waals surface area contributed by atoms with Gasteiger partial charge in [0.1, 0.15) is 0 Å². The third-order valence-corrected chi connectivity index (χ3v) is 3.83. The van der Waals surface area contributed by atoms with Crippen LogP contribution < -0.4 is 5.32 Å². The van der Waals surface area contributed by atoms with Crippen LogP contribution in [-0.4, -0.2) is 16.7 Å². The molecule has 4 nitrogen and oxygen atoms in total. The van der Waals surface area contributed by atoms with Crippen LogP contribution in [0.4, 0.5) is 5.69 Å². The van der Waals surface area contributed by atoms with Gasteiger partial charge in [0.25, 0.3) is 0 Å². The number of Topliss-reactive ketones (excluding diaryl/α,β-unsaturated/α-hetero) is 1. The maximum Gasteiger partial charge on any atom is 0.228 e. The number of aromatic amines is 1. The van der Waals surface area contributed by atoms with Crippen LogP contribution in [0.1, 0.15) is 28.4 Å². The van der Waals surface area contributed by atoms with Gasteiger partial charge in [-0.3, -0.25) is 9.59 Å². The fourth-order valence-corrected chi connectivity index (χ4v) is 2.64. The Labute approximate surface area is 134 Å². The Morgan fingerprint density at radius 1 is 1.13 bits per heavy atom. The van der Waals surface area contributed by atoms with Crippen LogP contribution in [0.5, 0.6) is 0 Å². The number of ketones is 1. The highest BCUT2D eigenvalue weighted by Gasteiger charge is 2.10. The molecule has 0 atom stereocenters. The van der Waals surface area contributed by atoms with Crippen molar-refractivity contribution in [2.24, 2.45) is 0 Å². The molecule has 2 aromatic carbocycles. The van der Waals surface area contributed by atoms with Crippen molar-refractivity contribution < 1.29 is 9.59 Å². The van der Waals surface area contributed by atoms with E-state index in [0.29, 0.717) is 11.3 Å². The number of carbonyl (C=O) groups excluding carboxylic acids is 2. The molecule has 0 aliphatic rings. The Morgan fingerprint density at radius 2 is 1.96 bits per heavy atom. The first kappa shape index (κ1) is 15.0. The molecule has 1 amide bonds. The zero-order valence-corrected chi connectivity index (χ0v) is 13.1. The number of aromatic nitrogens is 1. The van der Waals surface area contributed by atoms with E-state index in [9.17, 15) is 9.59 Å². The van der Waals surface area contributed by atoms with Gasteiger partial charge in [-0.05, 0) is 43.2 Å². The Balaban J connectivity index is 1.76. The van der Waals surface area contributed by atoms with Crippen LogP contribution in [0.15, 0.2) is 48.7 Å². The fourth-order valence-electron chi connectivity index (χ4n) is 2.64. The van der Waals surface area contributed by atoms with E-state index in [1.807, 2.05) is 25.3 Å². The molecule has 4 heteroatoms. The SMILES string of the molecule is CC(=O)c1cccc(NC(=O)Cc2c[nH]c3cc(C)ccc23)c1. The van der Waals surface area contributed by atoms with Crippen molar-refractivity contribution in [1.82, 2.24) is 4.98 Å². The molecule has 3 rings (SSSR count). The first-order valence-electron chi connectivity index (χ1n) is 7.50. The standard InChI is InChI=1S/C19H18N2O2/c1-12-6-7-17-15(11-20-18(17)8-12)10-19(23)21-16-5-3-4-14(9-16)13(2)22/h3-9,11,20H,10H2,1-2H3,(H,21,23). The third-order valence-electron chi connectivity index (χ3n) is 3.83. The molecular formula is C19H18N2O2. The summed E-state index contributed by atoms with van der Waals surface area (Å²) in [6.07, 6.45) is 2.16. The minimum atomic E-state index is -0.104. The van der Waals surface area contributed by atoms with Gasteiger partial charge < -0.3 is 10.3 Å². The summed E-state index contributed by atoms with van der Waals surface area (Å²) in [7, 11) is 0. The highest BCUT2D eigenvalue weighted by Crippen LogP contribution is 2.20. The second-order valence-corrected chi connectivity index (χ2v) is 5.72. The Hall–Kier alpha value is -2.88. The second-order valence-electron chi connectivity index (χ2n) is 5.72. The molecule has 1 aromatic heterocycles. The van der Waals surface area contributed by atoms with E-state index in [1.165, 1.54) is 12.5 Å². The Kier molecular flexibility index (Phi) is 3.98.